The van der Waals surface area contributed by atoms with Gasteiger partial charge in [-0.15, -0.1) is 0 Å². The maximum Gasteiger partial charge on any atom is 0.326 e. The van der Waals surface area contributed by atoms with Crippen LogP contribution in [0.4, 0.5) is 0 Å². The standard InChI is InChI=1S/C41H61N13O7S/c1-3-23(2)33(42)38(59)54-32(22-62)37(58)52-30(20-25-21-49-27-14-8-7-13-26(25)27)36(57)51-28(15-9-17-47-40(43)44)34(55)50-29(16-10-18-48-41(45)46)35(56)53-31(39(60)61)19-24-11-5-4-6-12-24/h4-8,11-14,21,23,28-33,49,62H,3,9-10,15-20,22,42H2,1-2H3,(H,50,55)(H,51,57)(H,52,58)(H,53,56)(H,54,59)(H,60,61)(H4,43,44,47)(H4,45,46,48)/t23-,28-,29-,30-,31-,32-,33-/m0/s1. The third-order valence-electron chi connectivity index (χ3n) is 10.2. The topological polar surface area (TPSA) is 348 Å². The van der Waals surface area contributed by atoms with Crippen LogP contribution < -0.4 is 54.4 Å². The number of benzene rings is 2. The number of nitrogens with two attached hydrogens (primary N) is 3. The van der Waals surface area contributed by atoms with Crippen molar-refractivity contribution in [3.05, 3.63) is 71.9 Å². The van der Waals surface area contributed by atoms with Crippen LogP contribution >= 0.6 is 12.6 Å². The molecular weight excluding hydrogens is 819 g/mol. The molecule has 62 heavy (non-hydrogen) atoms. The van der Waals surface area contributed by atoms with Crippen molar-refractivity contribution >= 4 is 71.0 Å². The predicted molar refractivity (Wildman–Crippen MR) is 239 cm³/mol. The molecule has 1 aromatic heterocycles. The number of para-hydroxylation sites is 1. The number of carboxylic acids is 1. The summed E-state index contributed by atoms with van der Waals surface area (Å²) in [6.45, 7) is 3.99. The van der Waals surface area contributed by atoms with E-state index in [9.17, 15) is 33.9 Å². The van der Waals surface area contributed by atoms with E-state index in [1.54, 1.807) is 36.5 Å². The van der Waals surface area contributed by atoms with Gasteiger partial charge in [0.15, 0.2) is 11.9 Å². The number of thiol groups is 1. The minimum atomic E-state index is -1.35. The molecule has 0 fully saturated rings. The number of fused-ring (bicyclic) bond motifs is 1. The highest BCUT2D eigenvalue weighted by Crippen LogP contribution is 2.20. The highest BCUT2D eigenvalue weighted by molar-refractivity contribution is 7.80. The van der Waals surface area contributed by atoms with Gasteiger partial charge in [0, 0.05) is 48.8 Å². The van der Waals surface area contributed by atoms with Gasteiger partial charge in [-0.3, -0.25) is 34.8 Å². The number of carbonyl (C=O) groups is 6. The molecule has 338 valence electrons. The van der Waals surface area contributed by atoms with Crippen LogP contribution in [-0.4, -0.2) is 113 Å². The molecular formula is C41H61N13O7S. The quantitative estimate of drug-likeness (QED) is 0.0206. The number of amides is 5. The summed E-state index contributed by atoms with van der Waals surface area (Å²) < 4.78 is 0. The molecule has 0 radical (unpaired) electrons. The number of guanidine groups is 2. The zero-order valence-electron chi connectivity index (χ0n) is 35.0. The number of hydrogen-bond donors (Lipinski definition) is 15. The first-order valence-corrected chi connectivity index (χ1v) is 21.0. The Bertz CT molecular complexity index is 2000. The molecule has 0 saturated heterocycles. The first-order chi connectivity index (χ1) is 29.5. The van der Waals surface area contributed by atoms with Crippen molar-refractivity contribution in [2.75, 3.05) is 18.8 Å². The van der Waals surface area contributed by atoms with Gasteiger partial charge in [0.2, 0.25) is 29.5 Å². The summed E-state index contributed by atoms with van der Waals surface area (Å²) in [5, 5.41) is 44.3. The van der Waals surface area contributed by atoms with Gasteiger partial charge in [-0.2, -0.15) is 12.6 Å². The van der Waals surface area contributed by atoms with Crippen molar-refractivity contribution in [2.24, 2.45) is 23.1 Å². The number of aromatic nitrogens is 1. The third kappa shape index (κ3) is 16.3. The Morgan fingerprint density at radius 3 is 1.71 bits per heavy atom. The van der Waals surface area contributed by atoms with E-state index in [1.165, 1.54) is 0 Å². The van der Waals surface area contributed by atoms with Gasteiger partial charge in [-0.1, -0.05) is 68.8 Å². The van der Waals surface area contributed by atoms with Crippen LogP contribution in [0.3, 0.4) is 0 Å². The van der Waals surface area contributed by atoms with Gasteiger partial charge < -0.3 is 64.5 Å². The number of hydrogen-bond acceptors (Lipinski definition) is 10. The lowest BCUT2D eigenvalue weighted by Crippen LogP contribution is -2.60. The number of H-pyrrole nitrogens is 1. The zero-order chi connectivity index (χ0) is 45.8. The Labute approximate surface area is 365 Å². The van der Waals surface area contributed by atoms with Crippen molar-refractivity contribution in [1.29, 1.82) is 10.8 Å². The largest absolute Gasteiger partial charge is 0.480 e. The molecule has 0 saturated carbocycles. The van der Waals surface area contributed by atoms with E-state index >= 15 is 0 Å². The van der Waals surface area contributed by atoms with Gasteiger partial charge in [0.05, 0.1) is 6.04 Å². The fraction of sp³-hybridized carbons (Fsp3) is 0.463. The Balaban J connectivity index is 1.93. The Kier molecular flexibility index (Phi) is 20.5. The number of aromatic amines is 1. The van der Waals surface area contributed by atoms with Gasteiger partial charge in [0.1, 0.15) is 30.2 Å². The first kappa shape index (κ1) is 50.0. The summed E-state index contributed by atoms with van der Waals surface area (Å²) in [5.41, 5.74) is 19.1. The molecule has 2 aromatic carbocycles. The lowest BCUT2D eigenvalue weighted by Gasteiger charge is -2.27. The van der Waals surface area contributed by atoms with E-state index < -0.39 is 71.8 Å². The van der Waals surface area contributed by atoms with Gasteiger partial charge in [-0.25, -0.2) is 4.79 Å². The molecule has 21 heteroatoms. The van der Waals surface area contributed by atoms with E-state index in [0.717, 1.165) is 10.9 Å². The van der Waals surface area contributed by atoms with E-state index in [2.05, 4.69) is 54.8 Å². The lowest BCUT2D eigenvalue weighted by molar-refractivity contribution is -0.142. The normalized spacial score (nSPS) is 14.4. The molecule has 0 aliphatic heterocycles. The van der Waals surface area contributed by atoms with Crippen LogP contribution in [0.25, 0.3) is 10.9 Å². The summed E-state index contributed by atoms with van der Waals surface area (Å²) in [5.74, 6) is -5.88. The maximum atomic E-state index is 14.4. The summed E-state index contributed by atoms with van der Waals surface area (Å²) in [6, 6.07) is 8.67. The Morgan fingerprint density at radius 2 is 1.18 bits per heavy atom. The van der Waals surface area contributed by atoms with Crippen LogP contribution in [0, 0.1) is 16.7 Å². The van der Waals surface area contributed by atoms with E-state index in [-0.39, 0.29) is 75.2 Å². The molecule has 0 aliphatic carbocycles. The second-order valence-electron chi connectivity index (χ2n) is 15.0. The maximum absolute atomic E-state index is 14.4. The van der Waals surface area contributed by atoms with Gasteiger partial charge >= 0.3 is 5.97 Å². The zero-order valence-corrected chi connectivity index (χ0v) is 35.9. The van der Waals surface area contributed by atoms with Crippen LogP contribution in [0.5, 0.6) is 0 Å². The van der Waals surface area contributed by atoms with Gasteiger partial charge in [0.25, 0.3) is 0 Å². The van der Waals surface area contributed by atoms with Gasteiger partial charge in [-0.05, 0) is 48.8 Å². The van der Waals surface area contributed by atoms with E-state index in [4.69, 9.17) is 28.0 Å². The van der Waals surface area contributed by atoms with Crippen LogP contribution in [0.1, 0.15) is 57.1 Å². The minimum Gasteiger partial charge on any atom is -0.480 e. The molecule has 0 unspecified atom stereocenters. The Morgan fingerprint density at radius 1 is 0.694 bits per heavy atom. The molecule has 0 spiro atoms. The molecule has 17 N–H and O–H groups in total. The molecule has 20 nitrogen and oxygen atoms in total. The summed E-state index contributed by atoms with van der Waals surface area (Å²) >= 11 is 4.28. The molecule has 7 atom stereocenters. The number of carbonyl (C=O) groups excluding carboxylic acids is 5. The van der Waals surface area contributed by atoms with Crippen molar-refractivity contribution in [3.8, 4) is 0 Å². The molecule has 3 rings (SSSR count). The predicted octanol–water partition coefficient (Wildman–Crippen LogP) is -0.709. The molecule has 0 aliphatic rings. The van der Waals surface area contributed by atoms with Crippen molar-refractivity contribution in [3.63, 3.8) is 0 Å². The van der Waals surface area contributed by atoms with Crippen molar-refractivity contribution in [1.82, 2.24) is 42.2 Å². The summed E-state index contributed by atoms with van der Waals surface area (Å²) in [7, 11) is 0. The van der Waals surface area contributed by atoms with Crippen molar-refractivity contribution < 1.29 is 33.9 Å². The number of aliphatic carboxylic acids is 1. The third-order valence-corrected chi connectivity index (χ3v) is 10.6. The van der Waals surface area contributed by atoms with Crippen LogP contribution in [0.2, 0.25) is 0 Å². The minimum absolute atomic E-state index is 0.0150. The monoisotopic (exact) mass is 879 g/mol. The smallest absolute Gasteiger partial charge is 0.326 e. The molecule has 0 bridgehead atoms. The summed E-state index contributed by atoms with van der Waals surface area (Å²) in [6.07, 6.45) is 2.62. The summed E-state index contributed by atoms with van der Waals surface area (Å²) in [4.78, 5) is 84.5. The molecule has 1 heterocycles. The second-order valence-corrected chi connectivity index (χ2v) is 15.3. The SMILES string of the molecule is CC[C@H](C)[C@H](N)C(=O)N[C@@H](CS)C(=O)N[C@@H](Cc1c[nH]c2ccccc12)C(=O)N[C@@H](CCCNC(=N)N)C(=O)N[C@@H](CCCNC(=N)N)C(=O)N[C@@H](Cc1ccccc1)C(=O)O. The average Bonchev–Trinajstić information content (AvgIpc) is 3.65. The van der Waals surface area contributed by atoms with Crippen molar-refractivity contribution in [2.45, 2.75) is 95.0 Å². The first-order valence-electron chi connectivity index (χ1n) is 20.4. The number of nitrogens with one attached hydrogen (secondary N) is 10. The van der Waals surface area contributed by atoms with Crippen LogP contribution in [-0.2, 0) is 41.6 Å². The average molecular weight is 880 g/mol. The Hall–Kier alpha value is -6.35. The fourth-order valence-electron chi connectivity index (χ4n) is 6.44. The molecule has 3 aromatic rings. The van der Waals surface area contributed by atoms with E-state index in [1.807, 2.05) is 38.1 Å². The number of carboxylic acid groups (broad SMARTS) is 1. The number of rotatable bonds is 26. The highest BCUT2D eigenvalue weighted by atomic mass is 32.1. The van der Waals surface area contributed by atoms with Crippen LogP contribution in [0.15, 0.2) is 60.8 Å². The molecule has 5 amide bonds. The second kappa shape index (κ2) is 25.4. The lowest BCUT2D eigenvalue weighted by atomic mass is 9.99. The van der Waals surface area contributed by atoms with E-state index in [0.29, 0.717) is 17.5 Å². The fourth-order valence-corrected chi connectivity index (χ4v) is 6.70. The highest BCUT2D eigenvalue weighted by Gasteiger charge is 2.33.